The van der Waals surface area contributed by atoms with Crippen LogP contribution >= 0.6 is 0 Å². The number of aryl methyl sites for hydroxylation is 1. The minimum atomic E-state index is -0.0887. The summed E-state index contributed by atoms with van der Waals surface area (Å²) in [6.45, 7) is 5.25. The van der Waals surface area contributed by atoms with Crippen LogP contribution in [-0.2, 0) is 12.8 Å². The standard InChI is InChI=1S/C16H25NO2/c1-3-13-4-5-16(19-2)14(12-13)6-9-17-10-7-15(18)8-11-17/h4-5,12,15,18H,3,6-11H2,1-2H3. The molecule has 0 aromatic heterocycles. The topological polar surface area (TPSA) is 32.7 Å². The Balaban J connectivity index is 1.94. The summed E-state index contributed by atoms with van der Waals surface area (Å²) in [5, 5.41) is 9.52. The summed E-state index contributed by atoms with van der Waals surface area (Å²) in [5.74, 6) is 0.995. The van der Waals surface area contributed by atoms with Crippen LogP contribution in [0.2, 0.25) is 0 Å². The average Bonchev–Trinajstić information content (AvgIpc) is 2.46. The van der Waals surface area contributed by atoms with Crippen molar-refractivity contribution in [3.8, 4) is 5.75 Å². The molecule has 19 heavy (non-hydrogen) atoms. The highest BCUT2D eigenvalue weighted by Gasteiger charge is 2.17. The number of aliphatic hydroxyl groups excluding tert-OH is 1. The van der Waals surface area contributed by atoms with Crippen molar-refractivity contribution in [2.45, 2.75) is 38.7 Å². The Labute approximate surface area is 116 Å². The number of nitrogens with zero attached hydrogens (tertiary/aromatic N) is 1. The van der Waals surface area contributed by atoms with Crippen LogP contribution in [-0.4, -0.2) is 42.9 Å². The molecule has 0 unspecified atom stereocenters. The van der Waals surface area contributed by atoms with Gasteiger partial charge in [-0.05, 0) is 42.9 Å². The number of benzene rings is 1. The van der Waals surface area contributed by atoms with E-state index in [4.69, 9.17) is 4.74 Å². The summed E-state index contributed by atoms with van der Waals surface area (Å²) in [7, 11) is 1.74. The monoisotopic (exact) mass is 263 g/mol. The van der Waals surface area contributed by atoms with E-state index in [1.54, 1.807) is 7.11 Å². The van der Waals surface area contributed by atoms with Crippen molar-refractivity contribution >= 4 is 0 Å². The lowest BCUT2D eigenvalue weighted by molar-refractivity contribution is 0.0831. The van der Waals surface area contributed by atoms with Gasteiger partial charge >= 0.3 is 0 Å². The van der Waals surface area contributed by atoms with E-state index in [1.807, 2.05) is 0 Å². The van der Waals surface area contributed by atoms with Crippen LogP contribution in [0.1, 0.15) is 30.9 Å². The highest BCUT2D eigenvalue weighted by atomic mass is 16.5. The molecular formula is C16H25NO2. The number of likely N-dealkylation sites (tertiary alicyclic amines) is 1. The molecule has 106 valence electrons. The molecule has 1 heterocycles. The zero-order valence-corrected chi connectivity index (χ0v) is 12.1. The van der Waals surface area contributed by atoms with Gasteiger partial charge in [0.05, 0.1) is 13.2 Å². The molecule has 3 nitrogen and oxygen atoms in total. The first-order valence-corrected chi connectivity index (χ1v) is 7.29. The molecule has 0 aliphatic carbocycles. The Bertz CT molecular complexity index is 398. The number of methoxy groups -OCH3 is 1. The van der Waals surface area contributed by atoms with E-state index in [1.165, 1.54) is 11.1 Å². The Kier molecular flexibility index (Phi) is 5.23. The first-order chi connectivity index (χ1) is 9.22. The zero-order valence-electron chi connectivity index (χ0n) is 12.1. The Hall–Kier alpha value is -1.06. The largest absolute Gasteiger partial charge is 0.496 e. The molecule has 0 amide bonds. The fourth-order valence-corrected chi connectivity index (χ4v) is 2.67. The van der Waals surface area contributed by atoms with Crippen LogP contribution < -0.4 is 4.74 Å². The SMILES string of the molecule is CCc1ccc(OC)c(CCN2CCC(O)CC2)c1. The number of hydrogen-bond acceptors (Lipinski definition) is 3. The van der Waals surface area contributed by atoms with Gasteiger partial charge in [0.1, 0.15) is 5.75 Å². The van der Waals surface area contributed by atoms with E-state index in [0.717, 1.165) is 51.1 Å². The quantitative estimate of drug-likeness (QED) is 0.884. The summed E-state index contributed by atoms with van der Waals surface area (Å²) < 4.78 is 5.44. The molecule has 1 saturated heterocycles. The second-order valence-electron chi connectivity index (χ2n) is 5.32. The molecule has 1 aromatic carbocycles. The first-order valence-electron chi connectivity index (χ1n) is 7.29. The van der Waals surface area contributed by atoms with Gasteiger partial charge in [-0.15, -0.1) is 0 Å². The maximum Gasteiger partial charge on any atom is 0.122 e. The fourth-order valence-electron chi connectivity index (χ4n) is 2.67. The summed E-state index contributed by atoms with van der Waals surface area (Å²) in [6.07, 6.45) is 3.81. The van der Waals surface area contributed by atoms with Gasteiger partial charge in [0.2, 0.25) is 0 Å². The van der Waals surface area contributed by atoms with Crippen molar-refractivity contribution < 1.29 is 9.84 Å². The average molecular weight is 263 g/mol. The van der Waals surface area contributed by atoms with Gasteiger partial charge in [-0.1, -0.05) is 19.1 Å². The highest BCUT2D eigenvalue weighted by molar-refractivity contribution is 5.37. The zero-order chi connectivity index (χ0) is 13.7. The number of hydrogen-bond donors (Lipinski definition) is 1. The molecule has 1 aromatic rings. The molecule has 1 aliphatic heterocycles. The van der Waals surface area contributed by atoms with Crippen LogP contribution in [0.15, 0.2) is 18.2 Å². The summed E-state index contributed by atoms with van der Waals surface area (Å²) in [6, 6.07) is 6.48. The molecule has 0 spiro atoms. The molecule has 0 radical (unpaired) electrons. The van der Waals surface area contributed by atoms with Crippen molar-refractivity contribution in [1.29, 1.82) is 0 Å². The van der Waals surface area contributed by atoms with E-state index >= 15 is 0 Å². The van der Waals surface area contributed by atoms with Crippen LogP contribution in [0, 0.1) is 0 Å². The van der Waals surface area contributed by atoms with E-state index in [9.17, 15) is 5.11 Å². The molecule has 0 saturated carbocycles. The van der Waals surface area contributed by atoms with E-state index in [2.05, 4.69) is 30.0 Å². The highest BCUT2D eigenvalue weighted by Crippen LogP contribution is 2.21. The van der Waals surface area contributed by atoms with E-state index in [0.29, 0.717) is 0 Å². The maximum atomic E-state index is 9.52. The van der Waals surface area contributed by atoms with Gasteiger partial charge < -0.3 is 14.7 Å². The van der Waals surface area contributed by atoms with Crippen LogP contribution in [0.3, 0.4) is 0 Å². The van der Waals surface area contributed by atoms with Gasteiger partial charge in [-0.2, -0.15) is 0 Å². The second kappa shape index (κ2) is 6.92. The van der Waals surface area contributed by atoms with Crippen LogP contribution in [0.4, 0.5) is 0 Å². The lowest BCUT2D eigenvalue weighted by Gasteiger charge is -2.29. The minimum Gasteiger partial charge on any atom is -0.496 e. The number of aliphatic hydroxyl groups is 1. The molecule has 1 aliphatic rings. The lowest BCUT2D eigenvalue weighted by atomic mass is 10.0. The van der Waals surface area contributed by atoms with Crippen molar-refractivity contribution in [3.05, 3.63) is 29.3 Å². The summed E-state index contributed by atoms with van der Waals surface area (Å²) in [4.78, 5) is 2.44. The van der Waals surface area contributed by atoms with Crippen molar-refractivity contribution in [3.63, 3.8) is 0 Å². The van der Waals surface area contributed by atoms with Gasteiger partial charge in [0, 0.05) is 19.6 Å². The third kappa shape index (κ3) is 3.95. The second-order valence-corrected chi connectivity index (χ2v) is 5.32. The Morgan fingerprint density at radius 1 is 1.32 bits per heavy atom. The third-order valence-corrected chi connectivity index (χ3v) is 4.01. The number of ether oxygens (including phenoxy) is 1. The van der Waals surface area contributed by atoms with Gasteiger partial charge in [-0.3, -0.25) is 0 Å². The van der Waals surface area contributed by atoms with Crippen LogP contribution in [0.25, 0.3) is 0 Å². The predicted molar refractivity (Wildman–Crippen MR) is 77.8 cm³/mol. The molecule has 0 atom stereocenters. The Morgan fingerprint density at radius 3 is 2.68 bits per heavy atom. The Morgan fingerprint density at radius 2 is 2.05 bits per heavy atom. The van der Waals surface area contributed by atoms with Crippen molar-refractivity contribution in [2.75, 3.05) is 26.7 Å². The van der Waals surface area contributed by atoms with Gasteiger partial charge in [-0.25, -0.2) is 0 Å². The first kappa shape index (κ1) is 14.4. The van der Waals surface area contributed by atoms with E-state index < -0.39 is 0 Å². The third-order valence-electron chi connectivity index (χ3n) is 4.01. The fraction of sp³-hybridized carbons (Fsp3) is 0.625. The van der Waals surface area contributed by atoms with Gasteiger partial charge in [0.15, 0.2) is 0 Å². The lowest BCUT2D eigenvalue weighted by Crippen LogP contribution is -2.37. The molecule has 3 heteroatoms. The number of rotatable bonds is 5. The molecular weight excluding hydrogens is 238 g/mol. The normalized spacial score (nSPS) is 17.6. The smallest absolute Gasteiger partial charge is 0.122 e. The molecule has 0 bridgehead atoms. The van der Waals surface area contributed by atoms with E-state index in [-0.39, 0.29) is 6.10 Å². The predicted octanol–water partition coefficient (Wildman–Crippen LogP) is 2.26. The minimum absolute atomic E-state index is 0.0887. The summed E-state index contributed by atoms with van der Waals surface area (Å²) >= 11 is 0. The molecule has 1 fully saturated rings. The molecule has 1 N–H and O–H groups in total. The number of piperidine rings is 1. The van der Waals surface area contributed by atoms with Crippen LogP contribution in [0.5, 0.6) is 5.75 Å². The van der Waals surface area contributed by atoms with Gasteiger partial charge in [0.25, 0.3) is 0 Å². The summed E-state index contributed by atoms with van der Waals surface area (Å²) in [5.41, 5.74) is 2.66. The molecule has 2 rings (SSSR count). The van der Waals surface area contributed by atoms with Crippen molar-refractivity contribution in [2.24, 2.45) is 0 Å². The van der Waals surface area contributed by atoms with Crippen molar-refractivity contribution in [1.82, 2.24) is 4.90 Å². The maximum absolute atomic E-state index is 9.52.